The molecule has 12 heteroatoms. The summed E-state index contributed by atoms with van der Waals surface area (Å²) in [6, 6.07) is 4.82. The number of pyridine rings is 1. The molecule has 5 aromatic rings. The monoisotopic (exact) mass is 414 g/mol. The molecule has 0 unspecified atom stereocenters. The van der Waals surface area contributed by atoms with Gasteiger partial charge in [-0.15, -0.1) is 0 Å². The molecule has 5 rings (SSSR count). The van der Waals surface area contributed by atoms with Gasteiger partial charge in [0.05, 0.1) is 18.6 Å². The van der Waals surface area contributed by atoms with Crippen molar-refractivity contribution in [2.75, 3.05) is 0 Å². The minimum atomic E-state index is -4.09. The van der Waals surface area contributed by atoms with E-state index in [1.54, 1.807) is 36.3 Å². The molecule has 0 amide bonds. The van der Waals surface area contributed by atoms with Crippen molar-refractivity contribution in [3.63, 3.8) is 0 Å². The van der Waals surface area contributed by atoms with Gasteiger partial charge in [0.25, 0.3) is 0 Å². The van der Waals surface area contributed by atoms with Gasteiger partial charge in [-0.3, -0.25) is 9.67 Å². The van der Waals surface area contributed by atoms with Crippen LogP contribution in [0.3, 0.4) is 0 Å². The van der Waals surface area contributed by atoms with Gasteiger partial charge in [-0.25, -0.2) is 4.98 Å². The summed E-state index contributed by atoms with van der Waals surface area (Å²) in [5.74, 6) is 0. The Morgan fingerprint density at radius 2 is 1.86 bits per heavy atom. The molecule has 0 saturated heterocycles. The van der Waals surface area contributed by atoms with Crippen LogP contribution in [0.4, 0.5) is 0 Å². The van der Waals surface area contributed by atoms with Crippen LogP contribution in [-0.2, 0) is 17.1 Å². The third kappa shape index (κ3) is 2.47. The van der Waals surface area contributed by atoms with E-state index in [-0.39, 0.29) is 10.2 Å². The highest BCUT2D eigenvalue weighted by atomic mass is 35.5. The van der Waals surface area contributed by atoms with Crippen LogP contribution in [0.15, 0.2) is 54.2 Å². The quantitative estimate of drug-likeness (QED) is 0.442. The van der Waals surface area contributed by atoms with Crippen molar-refractivity contribution < 1.29 is 8.42 Å². The summed E-state index contributed by atoms with van der Waals surface area (Å²) in [6.07, 6.45) is 7.75. The van der Waals surface area contributed by atoms with Gasteiger partial charge in [0.1, 0.15) is 16.2 Å². The summed E-state index contributed by atoms with van der Waals surface area (Å²) in [5, 5.41) is 12.2. The molecule has 0 saturated carbocycles. The second kappa shape index (κ2) is 5.84. The van der Waals surface area contributed by atoms with Crippen LogP contribution in [0, 0.1) is 0 Å². The minimum absolute atomic E-state index is 0.146. The fourth-order valence-corrected chi connectivity index (χ4v) is 4.33. The van der Waals surface area contributed by atoms with Gasteiger partial charge in [0.2, 0.25) is 0 Å². The van der Waals surface area contributed by atoms with Gasteiger partial charge in [0, 0.05) is 30.6 Å². The van der Waals surface area contributed by atoms with Gasteiger partial charge in [0.15, 0.2) is 10.7 Å². The molecule has 0 radical (unpaired) electrons. The van der Waals surface area contributed by atoms with Crippen LogP contribution < -0.4 is 0 Å². The van der Waals surface area contributed by atoms with E-state index in [1.807, 2.05) is 6.20 Å². The summed E-state index contributed by atoms with van der Waals surface area (Å²) in [7, 11) is -2.29. The second-order valence-electron chi connectivity index (χ2n) is 6.05. The molecule has 0 aromatic carbocycles. The van der Waals surface area contributed by atoms with E-state index in [1.165, 1.54) is 23.0 Å². The highest BCUT2D eigenvalue weighted by Crippen LogP contribution is 2.25. The standard InChI is InChI=1S/C16H11ClN8O2S/c1-23-9-11(6-20-23)10-4-13-12(18-5-10)7-21-25(13)28(26,27)16-8-19-15-3-2-14(17)22-24(15)16/h2-9H,1H3. The molecule has 0 aliphatic carbocycles. The van der Waals surface area contributed by atoms with Crippen LogP contribution >= 0.6 is 11.6 Å². The molecule has 0 N–H and O–H groups in total. The summed E-state index contributed by atoms with van der Waals surface area (Å²) in [6.45, 7) is 0. The summed E-state index contributed by atoms with van der Waals surface area (Å²) >= 11 is 5.91. The first-order chi connectivity index (χ1) is 13.4. The van der Waals surface area contributed by atoms with Crippen LogP contribution in [-0.4, -0.2) is 47.0 Å². The number of imidazole rings is 1. The molecular formula is C16H11ClN8O2S. The van der Waals surface area contributed by atoms with Gasteiger partial charge in [-0.05, 0) is 18.2 Å². The lowest BCUT2D eigenvalue weighted by atomic mass is 10.1. The maximum Gasteiger partial charge on any atom is 0.302 e. The van der Waals surface area contributed by atoms with E-state index in [0.29, 0.717) is 16.7 Å². The smallest absolute Gasteiger partial charge is 0.275 e. The summed E-state index contributed by atoms with van der Waals surface area (Å²) < 4.78 is 30.3. The third-order valence-corrected chi connectivity index (χ3v) is 5.97. The average Bonchev–Trinajstić information content (AvgIpc) is 3.38. The number of aryl methyl sites for hydroxylation is 1. The van der Waals surface area contributed by atoms with Gasteiger partial charge in [-0.1, -0.05) is 11.6 Å². The minimum Gasteiger partial charge on any atom is -0.275 e. The molecule has 28 heavy (non-hydrogen) atoms. The van der Waals surface area contributed by atoms with Crippen molar-refractivity contribution >= 4 is 38.3 Å². The molecule has 0 aliphatic rings. The first-order valence-corrected chi connectivity index (χ1v) is 9.84. The van der Waals surface area contributed by atoms with Crippen molar-refractivity contribution in [2.45, 2.75) is 5.03 Å². The predicted molar refractivity (Wildman–Crippen MR) is 100 cm³/mol. The number of halogens is 1. The van der Waals surface area contributed by atoms with Crippen LogP contribution in [0.25, 0.3) is 27.8 Å². The largest absolute Gasteiger partial charge is 0.302 e. The maximum atomic E-state index is 13.3. The highest BCUT2D eigenvalue weighted by molar-refractivity contribution is 7.90. The lowest BCUT2D eigenvalue weighted by molar-refractivity contribution is 0.574. The first kappa shape index (κ1) is 16.8. The fraction of sp³-hybridized carbons (Fsp3) is 0.0625. The summed E-state index contributed by atoms with van der Waals surface area (Å²) in [5.41, 5.74) is 2.66. The molecule has 0 bridgehead atoms. The Morgan fingerprint density at radius 1 is 1.00 bits per heavy atom. The molecular weight excluding hydrogens is 404 g/mol. The zero-order chi connectivity index (χ0) is 19.5. The molecule has 10 nitrogen and oxygen atoms in total. The van der Waals surface area contributed by atoms with Crippen molar-refractivity contribution in [1.29, 1.82) is 0 Å². The van der Waals surface area contributed by atoms with Gasteiger partial charge >= 0.3 is 10.0 Å². The SMILES string of the molecule is Cn1cc(-c2cnc3cnn(S(=O)(=O)c4cnc5ccc(Cl)nn45)c3c2)cn1. The lowest BCUT2D eigenvalue weighted by Gasteiger charge is -2.06. The Labute approximate surface area is 163 Å². The molecule has 0 aliphatic heterocycles. The third-order valence-electron chi connectivity index (χ3n) is 4.22. The number of hydrogen-bond donors (Lipinski definition) is 0. The molecule has 5 heterocycles. The number of rotatable bonds is 3. The maximum absolute atomic E-state index is 13.3. The molecule has 0 atom stereocenters. The van der Waals surface area contributed by atoms with Crippen molar-refractivity contribution in [3.05, 3.63) is 54.3 Å². The summed E-state index contributed by atoms with van der Waals surface area (Å²) in [4.78, 5) is 8.39. The number of nitrogens with zero attached hydrogens (tertiary/aromatic N) is 8. The number of hydrogen-bond acceptors (Lipinski definition) is 7. The molecule has 0 spiro atoms. The molecule has 140 valence electrons. The van der Waals surface area contributed by atoms with Crippen LogP contribution in [0.5, 0.6) is 0 Å². The van der Waals surface area contributed by atoms with E-state index in [0.717, 1.165) is 15.2 Å². The molecule has 5 aromatic heterocycles. The zero-order valence-electron chi connectivity index (χ0n) is 14.3. The van der Waals surface area contributed by atoms with E-state index < -0.39 is 10.0 Å². The Morgan fingerprint density at radius 3 is 2.64 bits per heavy atom. The Balaban J connectivity index is 1.72. The average molecular weight is 415 g/mol. The predicted octanol–water partition coefficient (Wildman–Crippen LogP) is 1.76. The second-order valence-corrected chi connectivity index (χ2v) is 8.15. The van der Waals surface area contributed by atoms with Crippen molar-refractivity contribution in [1.82, 2.24) is 38.5 Å². The topological polar surface area (TPSA) is 113 Å². The zero-order valence-corrected chi connectivity index (χ0v) is 15.9. The normalized spacial score (nSPS) is 12.2. The van der Waals surface area contributed by atoms with Crippen molar-refractivity contribution in [3.8, 4) is 11.1 Å². The van der Waals surface area contributed by atoms with Gasteiger partial charge < -0.3 is 0 Å². The Bertz CT molecular complexity index is 1470. The molecule has 0 fully saturated rings. The van der Waals surface area contributed by atoms with E-state index in [2.05, 4.69) is 25.3 Å². The number of fused-ring (bicyclic) bond motifs is 2. The highest BCUT2D eigenvalue weighted by Gasteiger charge is 2.26. The van der Waals surface area contributed by atoms with Gasteiger partial charge in [-0.2, -0.15) is 32.3 Å². The van der Waals surface area contributed by atoms with E-state index in [9.17, 15) is 8.42 Å². The van der Waals surface area contributed by atoms with E-state index in [4.69, 9.17) is 11.6 Å². The Hall–Kier alpha value is -3.31. The lowest BCUT2D eigenvalue weighted by Crippen LogP contribution is -2.17. The van der Waals surface area contributed by atoms with Crippen molar-refractivity contribution in [2.24, 2.45) is 7.05 Å². The Kier molecular flexibility index (Phi) is 3.51. The van der Waals surface area contributed by atoms with E-state index >= 15 is 0 Å². The fourth-order valence-electron chi connectivity index (χ4n) is 2.90. The first-order valence-electron chi connectivity index (χ1n) is 8.02. The van der Waals surface area contributed by atoms with Crippen LogP contribution in [0.2, 0.25) is 5.15 Å². The van der Waals surface area contributed by atoms with Crippen LogP contribution in [0.1, 0.15) is 0 Å². The number of aromatic nitrogens is 8.